The third-order valence-electron chi connectivity index (χ3n) is 3.06. The number of hydrogen-bond acceptors (Lipinski definition) is 5. The van der Waals surface area contributed by atoms with E-state index in [1.54, 1.807) is 20.1 Å². The number of aryl methyl sites for hydroxylation is 2. The molecule has 0 radical (unpaired) electrons. The third kappa shape index (κ3) is 5.37. The summed E-state index contributed by atoms with van der Waals surface area (Å²) < 4.78 is 37.0. The first kappa shape index (κ1) is 18.1. The van der Waals surface area contributed by atoms with Gasteiger partial charge in [-0.1, -0.05) is 6.07 Å². The Labute approximate surface area is 126 Å². The van der Waals surface area contributed by atoms with Crippen LogP contribution >= 0.6 is 0 Å². The molecule has 0 saturated carbocycles. The lowest BCUT2D eigenvalue weighted by Crippen LogP contribution is -2.28. The van der Waals surface area contributed by atoms with Gasteiger partial charge in [-0.05, 0) is 36.6 Å². The van der Waals surface area contributed by atoms with Crippen LogP contribution in [0.3, 0.4) is 0 Å². The zero-order valence-corrected chi connectivity index (χ0v) is 13.5. The molecule has 0 aliphatic heterocycles. The second kappa shape index (κ2) is 8.45. The van der Waals surface area contributed by atoms with Gasteiger partial charge in [0.05, 0.1) is 31.3 Å². The predicted molar refractivity (Wildman–Crippen MR) is 79.7 cm³/mol. The number of methoxy groups -OCH3 is 1. The molecule has 7 heteroatoms. The lowest BCUT2D eigenvalue weighted by Gasteiger charge is -2.12. The van der Waals surface area contributed by atoms with Gasteiger partial charge >= 0.3 is 0 Å². The van der Waals surface area contributed by atoms with Crippen molar-refractivity contribution >= 4 is 10.0 Å². The summed E-state index contributed by atoms with van der Waals surface area (Å²) in [5, 5.41) is 9.25. The number of rotatable bonds is 9. The van der Waals surface area contributed by atoms with Crippen LogP contribution in [0, 0.1) is 13.8 Å². The summed E-state index contributed by atoms with van der Waals surface area (Å²) in [5.74, 6) is 0. The summed E-state index contributed by atoms with van der Waals surface area (Å²) in [6.07, 6.45) is 0. The molecule has 0 bridgehead atoms. The van der Waals surface area contributed by atoms with Crippen LogP contribution in [0.25, 0.3) is 0 Å². The molecule has 1 aromatic rings. The first-order chi connectivity index (χ1) is 9.92. The van der Waals surface area contributed by atoms with Gasteiger partial charge in [0, 0.05) is 13.7 Å². The Hall–Kier alpha value is -0.990. The van der Waals surface area contributed by atoms with Crippen molar-refractivity contribution in [1.82, 2.24) is 4.72 Å². The fraction of sp³-hybridized carbons (Fsp3) is 0.571. The van der Waals surface area contributed by atoms with Gasteiger partial charge in [0.1, 0.15) is 0 Å². The highest BCUT2D eigenvalue weighted by Gasteiger charge is 2.17. The van der Waals surface area contributed by atoms with Crippen molar-refractivity contribution in [2.24, 2.45) is 0 Å². The van der Waals surface area contributed by atoms with Crippen molar-refractivity contribution in [3.05, 3.63) is 28.8 Å². The first-order valence-electron chi connectivity index (χ1n) is 6.69. The van der Waals surface area contributed by atoms with Crippen molar-refractivity contribution in [3.63, 3.8) is 0 Å². The summed E-state index contributed by atoms with van der Waals surface area (Å²) in [5.41, 5.74) is 2.13. The topological polar surface area (TPSA) is 84.9 Å². The highest BCUT2D eigenvalue weighted by molar-refractivity contribution is 7.89. The van der Waals surface area contributed by atoms with Crippen LogP contribution in [-0.4, -0.2) is 47.0 Å². The van der Waals surface area contributed by atoms with Crippen molar-refractivity contribution in [3.8, 4) is 0 Å². The first-order valence-corrected chi connectivity index (χ1v) is 8.18. The van der Waals surface area contributed by atoms with Gasteiger partial charge in [-0.2, -0.15) is 0 Å². The molecule has 0 atom stereocenters. The molecule has 0 fully saturated rings. The molecule has 1 aromatic carbocycles. The van der Waals surface area contributed by atoms with Gasteiger partial charge in [-0.3, -0.25) is 0 Å². The van der Waals surface area contributed by atoms with Crippen LogP contribution < -0.4 is 4.72 Å². The second-order valence-electron chi connectivity index (χ2n) is 4.71. The summed E-state index contributed by atoms with van der Waals surface area (Å²) >= 11 is 0. The Kier molecular flexibility index (Phi) is 7.27. The van der Waals surface area contributed by atoms with E-state index in [4.69, 9.17) is 9.47 Å². The number of aliphatic hydroxyl groups excluding tert-OH is 1. The molecule has 120 valence electrons. The van der Waals surface area contributed by atoms with Gasteiger partial charge in [0.25, 0.3) is 0 Å². The molecule has 0 heterocycles. The van der Waals surface area contributed by atoms with Crippen LogP contribution in [0.15, 0.2) is 17.0 Å². The Balaban J connectivity index is 2.70. The average Bonchev–Trinajstić information content (AvgIpc) is 2.42. The zero-order valence-electron chi connectivity index (χ0n) is 12.7. The molecule has 0 aromatic heterocycles. The SMILES string of the molecule is COCCOCCNS(=O)(=O)c1cc(CO)c(C)cc1C. The van der Waals surface area contributed by atoms with Crippen LogP contribution in [0.4, 0.5) is 0 Å². The lowest BCUT2D eigenvalue weighted by atomic mass is 10.1. The Morgan fingerprint density at radius 2 is 1.86 bits per heavy atom. The third-order valence-corrected chi connectivity index (χ3v) is 4.67. The number of nitrogens with one attached hydrogen (secondary N) is 1. The van der Waals surface area contributed by atoms with Crippen molar-refractivity contribution < 1.29 is 23.0 Å². The standard InChI is InChI=1S/C14H23NO5S/c1-11-8-12(2)14(9-13(11)10-16)21(17,18)15-4-5-20-7-6-19-3/h8-9,15-16H,4-7,10H2,1-3H3. The van der Waals surface area contributed by atoms with Crippen LogP contribution in [-0.2, 0) is 26.1 Å². The van der Waals surface area contributed by atoms with Crippen LogP contribution in [0.1, 0.15) is 16.7 Å². The van der Waals surface area contributed by atoms with E-state index in [9.17, 15) is 13.5 Å². The molecule has 0 spiro atoms. The number of benzene rings is 1. The monoisotopic (exact) mass is 317 g/mol. The van der Waals surface area contributed by atoms with E-state index in [1.807, 2.05) is 6.92 Å². The predicted octanol–water partition coefficient (Wildman–Crippen LogP) is 0.737. The zero-order chi connectivity index (χ0) is 15.9. The maximum absolute atomic E-state index is 12.2. The largest absolute Gasteiger partial charge is 0.392 e. The molecule has 2 N–H and O–H groups in total. The van der Waals surface area contributed by atoms with Crippen molar-refractivity contribution in [2.45, 2.75) is 25.3 Å². The van der Waals surface area contributed by atoms with Gasteiger partial charge in [0.15, 0.2) is 0 Å². The minimum Gasteiger partial charge on any atom is -0.392 e. The molecule has 0 aliphatic rings. The molecule has 0 unspecified atom stereocenters. The Morgan fingerprint density at radius 3 is 2.48 bits per heavy atom. The molecular weight excluding hydrogens is 294 g/mol. The molecule has 0 saturated heterocycles. The summed E-state index contributed by atoms with van der Waals surface area (Å²) in [7, 11) is -2.03. The fourth-order valence-corrected chi connectivity index (χ4v) is 3.19. The quantitative estimate of drug-likeness (QED) is 0.656. The highest BCUT2D eigenvalue weighted by Crippen LogP contribution is 2.20. The minimum absolute atomic E-state index is 0.186. The normalized spacial score (nSPS) is 11.8. The van der Waals surface area contributed by atoms with Crippen molar-refractivity contribution in [1.29, 1.82) is 0 Å². The van der Waals surface area contributed by atoms with Gasteiger partial charge in [0.2, 0.25) is 10.0 Å². The Bertz CT molecular complexity index is 557. The summed E-state index contributed by atoms with van der Waals surface area (Å²) in [6, 6.07) is 3.27. The molecule has 21 heavy (non-hydrogen) atoms. The average molecular weight is 317 g/mol. The van der Waals surface area contributed by atoms with E-state index >= 15 is 0 Å². The second-order valence-corrected chi connectivity index (χ2v) is 6.44. The van der Waals surface area contributed by atoms with E-state index in [0.29, 0.717) is 24.3 Å². The van der Waals surface area contributed by atoms with E-state index < -0.39 is 10.0 Å². The van der Waals surface area contributed by atoms with E-state index in [0.717, 1.165) is 5.56 Å². The van der Waals surface area contributed by atoms with Gasteiger partial charge < -0.3 is 14.6 Å². The number of hydrogen-bond donors (Lipinski definition) is 2. The fourth-order valence-electron chi connectivity index (χ4n) is 1.90. The van der Waals surface area contributed by atoms with Gasteiger partial charge in [-0.25, -0.2) is 13.1 Å². The summed E-state index contributed by atoms with van der Waals surface area (Å²) in [6.45, 7) is 4.76. The number of ether oxygens (including phenoxy) is 2. The van der Waals surface area contributed by atoms with E-state index in [-0.39, 0.29) is 24.7 Å². The molecule has 0 amide bonds. The molecule has 1 rings (SSSR count). The highest BCUT2D eigenvalue weighted by atomic mass is 32.2. The maximum atomic E-state index is 12.2. The molecule has 6 nitrogen and oxygen atoms in total. The van der Waals surface area contributed by atoms with Crippen LogP contribution in [0.5, 0.6) is 0 Å². The van der Waals surface area contributed by atoms with Gasteiger partial charge in [-0.15, -0.1) is 0 Å². The maximum Gasteiger partial charge on any atom is 0.240 e. The minimum atomic E-state index is -3.61. The smallest absolute Gasteiger partial charge is 0.240 e. The van der Waals surface area contributed by atoms with E-state index in [1.165, 1.54) is 6.07 Å². The molecular formula is C14H23NO5S. The lowest BCUT2D eigenvalue weighted by molar-refractivity contribution is 0.0736. The van der Waals surface area contributed by atoms with E-state index in [2.05, 4.69) is 4.72 Å². The molecule has 0 aliphatic carbocycles. The number of aliphatic hydroxyl groups is 1. The Morgan fingerprint density at radius 1 is 1.14 bits per heavy atom. The van der Waals surface area contributed by atoms with Crippen LogP contribution in [0.2, 0.25) is 0 Å². The summed E-state index contributed by atoms with van der Waals surface area (Å²) in [4.78, 5) is 0.189. The number of sulfonamides is 1. The van der Waals surface area contributed by atoms with Crippen molar-refractivity contribution in [2.75, 3.05) is 33.5 Å².